The molecule has 34 nitrogen and oxygen atoms in total. The maximum Gasteiger partial charge on any atom is 0.526 e. The number of aldehydes is 2. The molecule has 44 heteroatoms. The number of benzene rings is 7. The molecule has 22 N–H and O–H groups in total. The fourth-order valence-electron chi connectivity index (χ4n) is 7.97. The number of nitrogen functional groups attached to an aromatic ring is 2. The minimum atomic E-state index is -1.66. The van der Waals surface area contributed by atoms with Gasteiger partial charge >= 0.3 is 87.9 Å². The lowest BCUT2D eigenvalue weighted by Gasteiger charge is -2.32. The third-order valence-corrected chi connectivity index (χ3v) is 15.4. The first-order valence-electron chi connectivity index (χ1n) is 32.1. The van der Waals surface area contributed by atoms with Gasteiger partial charge in [-0.2, -0.15) is 0 Å². The molecule has 576 valence electrons. The Morgan fingerprint density at radius 3 is 1.22 bits per heavy atom. The molecule has 7 aromatic carbocycles. The van der Waals surface area contributed by atoms with Crippen LogP contribution in [0.2, 0.25) is 0 Å². The number of thiophene rings is 1. The molecule has 0 radical (unpaired) electrons. The smallest absolute Gasteiger partial charge is 0.478 e. The van der Waals surface area contributed by atoms with Crippen LogP contribution in [0.4, 0.5) is 17.1 Å². The number of aromatic carboxylic acids is 2. The molecule has 0 atom stereocenters. The number of furan rings is 1. The number of nitro benzene ring substituents is 1. The van der Waals surface area contributed by atoms with Crippen molar-refractivity contribution >= 4 is 178 Å². The van der Waals surface area contributed by atoms with Crippen LogP contribution in [0.25, 0.3) is 0 Å². The van der Waals surface area contributed by atoms with Gasteiger partial charge in [-0.1, -0.05) is 91.0 Å². The summed E-state index contributed by atoms with van der Waals surface area (Å²) in [6.45, 7) is 12.2. The number of hydrogen-bond acceptors (Lipinski definition) is 32. The Kier molecular flexibility index (Phi) is 41.9. The predicted octanol–water partition coefficient (Wildman–Crippen LogP) is -4.98. The Bertz CT molecular complexity index is 4180. The van der Waals surface area contributed by atoms with E-state index in [9.17, 15) is 38.9 Å². The van der Waals surface area contributed by atoms with E-state index in [0.717, 1.165) is 28.6 Å². The average Bonchev–Trinajstić information content (AvgIpc) is 1.63. The summed E-state index contributed by atoms with van der Waals surface area (Å²) in [5.74, 6) is -2.91. The van der Waals surface area contributed by atoms with Crippen molar-refractivity contribution in [2.45, 2.75) is 52.7 Å². The van der Waals surface area contributed by atoms with Crippen LogP contribution in [0, 0.1) is 10.1 Å². The molecule has 110 heavy (non-hydrogen) atoms. The molecule has 10 rings (SSSR count). The van der Waals surface area contributed by atoms with Crippen LogP contribution in [-0.4, -0.2) is 220 Å². The van der Waals surface area contributed by atoms with Gasteiger partial charge in [-0.3, -0.25) is 19.7 Å². The highest BCUT2D eigenvalue weighted by Crippen LogP contribution is 2.36. The Hall–Kier alpha value is -10.4. The van der Waals surface area contributed by atoms with Crippen LogP contribution in [0.15, 0.2) is 199 Å². The summed E-state index contributed by atoms with van der Waals surface area (Å²) in [6.07, 6.45) is 1.17. The maximum absolute atomic E-state index is 11.2. The number of nitro groups is 1. The molecule has 0 saturated carbocycles. The van der Waals surface area contributed by atoms with E-state index >= 15 is 0 Å². The number of hydrogen-bond donors (Lipinski definition) is 20. The summed E-state index contributed by atoms with van der Waals surface area (Å²) >= 11 is 1.07. The summed E-state index contributed by atoms with van der Waals surface area (Å²) in [5, 5.41) is 166. The zero-order valence-corrected chi connectivity index (χ0v) is 60.4. The molecular formula is C66H78B9N3O31S. The van der Waals surface area contributed by atoms with E-state index in [1.807, 2.05) is 52.0 Å². The molecule has 1 saturated heterocycles. The van der Waals surface area contributed by atoms with Crippen molar-refractivity contribution in [2.24, 2.45) is 0 Å². The number of nitrogens with two attached hydrogens (primary N) is 2. The van der Waals surface area contributed by atoms with Gasteiger partial charge in [0.05, 0.1) is 56.5 Å². The lowest BCUT2D eigenvalue weighted by atomic mass is 9.79. The number of carbonyl (C=O) groups is 6. The standard InChI is InChI=1S/C12H18BNO2.2C9H11BO4.2C7H7BO4.C6H6BNO4.C6H8BNO2.C5H5BO4.C5H5BO3S/c1-11(2)12(3,4)16-13(15-11)9-5-7-10(14)8-6-9;1-2-14-9(11)7-3-5-8(6-4-7)10(12)13;1-2-14-9(11)7-4-3-5-8(6-7)10(12)13;9-7(10)5-1-3-6(4-2-5)8(11)12;2*9-7(10)5-2-1-3-6(4-5)8(11)12;8-6-3-1-2-5(4-6)7(9)10;2*7-3-4-1-2-5(10-4)6(8)9/h5-8H,14H2,1-4H3;2*3-6,12-13H,2H2,1H3;2*1-4,11-12H,(H,9,10);1-4,9-10H;1-4,9-10H,8H2;2*1-3,8-9H. The quantitative estimate of drug-likeness (QED) is 0.00955. The number of carboxylic acids is 2. The zero-order chi connectivity index (χ0) is 83.2. The molecular weight excluding hydrogens is 1460 g/mol. The Balaban J connectivity index is 0.000000422. The molecule has 0 unspecified atom stereocenters. The number of carbonyl (C=O) groups excluding carboxylic acids is 4. The van der Waals surface area contributed by atoms with Crippen LogP contribution in [0.1, 0.15) is 103 Å². The van der Waals surface area contributed by atoms with Crippen molar-refractivity contribution in [2.75, 3.05) is 24.7 Å². The van der Waals surface area contributed by atoms with Gasteiger partial charge in [0, 0.05) is 28.3 Å². The largest absolute Gasteiger partial charge is 0.526 e. The van der Waals surface area contributed by atoms with E-state index in [2.05, 4.69) is 4.42 Å². The van der Waals surface area contributed by atoms with Crippen molar-refractivity contribution < 1.29 is 147 Å². The number of rotatable bonds is 18. The lowest BCUT2D eigenvalue weighted by Crippen LogP contribution is -2.41. The number of carboxylic acid groups (broad SMARTS) is 2. The molecule has 9 aromatic rings. The number of esters is 2. The highest BCUT2D eigenvalue weighted by Gasteiger charge is 2.51. The summed E-state index contributed by atoms with van der Waals surface area (Å²) in [4.78, 5) is 73.4. The molecule has 3 heterocycles. The van der Waals surface area contributed by atoms with Crippen LogP contribution >= 0.6 is 11.3 Å². The van der Waals surface area contributed by atoms with Crippen molar-refractivity contribution in [3.8, 4) is 0 Å². The van der Waals surface area contributed by atoms with Gasteiger partial charge in [0.2, 0.25) is 0 Å². The first-order chi connectivity index (χ1) is 51.6. The molecule has 2 aromatic heterocycles. The van der Waals surface area contributed by atoms with Gasteiger partial charge < -0.3 is 125 Å². The molecule has 0 aliphatic carbocycles. The molecule has 1 fully saturated rings. The molecule has 1 aliphatic heterocycles. The summed E-state index contributed by atoms with van der Waals surface area (Å²) < 4.78 is 26.4. The Morgan fingerprint density at radius 2 is 0.864 bits per heavy atom. The van der Waals surface area contributed by atoms with Crippen LogP contribution in [-0.2, 0) is 18.8 Å². The van der Waals surface area contributed by atoms with E-state index in [1.54, 1.807) is 50.2 Å². The monoisotopic (exact) mass is 1540 g/mol. The molecule has 0 spiro atoms. The minimum Gasteiger partial charge on any atom is -0.478 e. The third-order valence-electron chi connectivity index (χ3n) is 14.4. The van der Waals surface area contributed by atoms with Crippen molar-refractivity contribution in [3.05, 3.63) is 237 Å². The van der Waals surface area contributed by atoms with Gasteiger partial charge in [0.25, 0.3) is 5.69 Å². The van der Waals surface area contributed by atoms with E-state index in [0.29, 0.717) is 63.2 Å². The number of nitrogens with zero attached hydrogens (tertiary/aromatic N) is 1. The van der Waals surface area contributed by atoms with Crippen molar-refractivity contribution in [3.63, 3.8) is 0 Å². The topological polar surface area (TPSA) is 612 Å². The van der Waals surface area contributed by atoms with Crippen LogP contribution in [0.5, 0.6) is 0 Å². The van der Waals surface area contributed by atoms with Crippen LogP contribution in [0.3, 0.4) is 0 Å². The first-order valence-corrected chi connectivity index (χ1v) is 32.9. The molecule has 0 amide bonds. The number of ether oxygens (including phenoxy) is 2. The minimum absolute atomic E-state index is 0.0258. The highest BCUT2D eigenvalue weighted by atomic mass is 32.1. The van der Waals surface area contributed by atoms with Crippen LogP contribution < -0.4 is 60.1 Å². The second-order valence-electron chi connectivity index (χ2n) is 23.0. The summed E-state index contributed by atoms with van der Waals surface area (Å²) in [7, 11) is -12.7. The van der Waals surface area contributed by atoms with Crippen molar-refractivity contribution in [1.29, 1.82) is 0 Å². The zero-order valence-electron chi connectivity index (χ0n) is 59.6. The normalized spacial score (nSPS) is 11.4. The van der Waals surface area contributed by atoms with E-state index in [4.69, 9.17) is 121 Å². The first kappa shape index (κ1) is 95.7. The lowest BCUT2D eigenvalue weighted by molar-refractivity contribution is -0.384. The SMILES string of the molecule is CC1(C)OB(c2ccc(N)cc2)OC1(C)C.CCOC(=O)c1ccc(B(O)O)cc1.CCOC(=O)c1cccc(B(O)O)c1.Nc1cccc(B(O)O)c1.O=C(O)c1ccc(B(O)O)cc1.O=C(O)c1cccc(B(O)O)c1.O=Cc1ccc(B(O)O)o1.O=Cc1ccc(B(O)O)s1.O=[N+]([O-])c1cccc(B(O)O)c1. The summed E-state index contributed by atoms with van der Waals surface area (Å²) in [5.41, 5.74) is 15.0. The van der Waals surface area contributed by atoms with Gasteiger partial charge in [-0.05, 0) is 171 Å². The van der Waals surface area contributed by atoms with E-state index in [1.165, 1.54) is 127 Å². The number of anilines is 2. The fourth-order valence-corrected chi connectivity index (χ4v) is 8.67. The third kappa shape index (κ3) is 34.5. The molecule has 0 bridgehead atoms. The van der Waals surface area contributed by atoms with Gasteiger partial charge in [-0.15, -0.1) is 11.3 Å². The highest BCUT2D eigenvalue weighted by molar-refractivity contribution is 7.23. The second-order valence-corrected chi connectivity index (χ2v) is 24.2. The van der Waals surface area contributed by atoms with Gasteiger partial charge in [-0.25, -0.2) is 19.2 Å². The predicted molar refractivity (Wildman–Crippen MR) is 415 cm³/mol. The van der Waals surface area contributed by atoms with Gasteiger partial charge in [0.15, 0.2) is 18.3 Å². The van der Waals surface area contributed by atoms with Crippen molar-refractivity contribution in [1.82, 2.24) is 0 Å². The van der Waals surface area contributed by atoms with Gasteiger partial charge in [0.1, 0.15) is 5.66 Å². The Labute approximate surface area is 636 Å². The summed E-state index contributed by atoms with van der Waals surface area (Å²) in [6, 6.07) is 47.8. The molecule has 1 aliphatic rings. The average molecular weight is 1540 g/mol. The number of non-ortho nitro benzene ring substituents is 1. The maximum atomic E-state index is 11.2. The van der Waals surface area contributed by atoms with E-state index in [-0.39, 0.29) is 68.4 Å². The second kappa shape index (κ2) is 48.2. The fraction of sp³-hybridized carbons (Fsp3) is 0.152. The van der Waals surface area contributed by atoms with E-state index < -0.39 is 85.7 Å². The Morgan fingerprint density at radius 1 is 0.455 bits per heavy atom.